The molecule has 0 radical (unpaired) electrons. The molecular formula is C11H10F2N2O4S. The van der Waals surface area contributed by atoms with E-state index in [2.05, 4.69) is 5.32 Å². The first-order chi connectivity index (χ1) is 9.31. The van der Waals surface area contributed by atoms with Gasteiger partial charge in [-0.2, -0.15) is 0 Å². The van der Waals surface area contributed by atoms with Crippen LogP contribution >= 0.6 is 11.8 Å². The third-order valence-corrected chi connectivity index (χ3v) is 2.97. The highest BCUT2D eigenvalue weighted by molar-refractivity contribution is 8.00. The van der Waals surface area contributed by atoms with Crippen LogP contribution in [0, 0.1) is 11.6 Å². The highest BCUT2D eigenvalue weighted by Crippen LogP contribution is 2.19. The Hall–Kier alpha value is -2.16. The second-order valence-electron chi connectivity index (χ2n) is 3.61. The number of carboxylic acids is 1. The number of carbonyl (C=O) groups is 3. The number of primary amides is 1. The van der Waals surface area contributed by atoms with Gasteiger partial charge in [-0.25, -0.2) is 8.78 Å². The van der Waals surface area contributed by atoms with Crippen LogP contribution in [0.3, 0.4) is 0 Å². The van der Waals surface area contributed by atoms with Crippen LogP contribution < -0.4 is 11.1 Å². The maximum Gasteiger partial charge on any atom is 0.313 e. The van der Waals surface area contributed by atoms with Crippen molar-refractivity contribution in [3.05, 3.63) is 29.3 Å². The van der Waals surface area contributed by atoms with E-state index in [0.29, 0.717) is 6.07 Å². The highest BCUT2D eigenvalue weighted by Gasteiger charge is 2.15. The zero-order valence-electron chi connectivity index (χ0n) is 9.98. The fourth-order valence-corrected chi connectivity index (χ4v) is 1.79. The van der Waals surface area contributed by atoms with E-state index in [4.69, 9.17) is 10.8 Å². The number of hydrogen-bond donors (Lipinski definition) is 3. The molecule has 0 saturated heterocycles. The Balaban J connectivity index is 2.76. The van der Waals surface area contributed by atoms with Gasteiger partial charge < -0.3 is 16.2 Å². The Bertz CT molecular complexity index is 566. The summed E-state index contributed by atoms with van der Waals surface area (Å²) in [6.07, 6.45) is 0. The van der Waals surface area contributed by atoms with E-state index >= 15 is 0 Å². The molecule has 0 aromatic heterocycles. The van der Waals surface area contributed by atoms with Crippen molar-refractivity contribution in [1.29, 1.82) is 0 Å². The minimum absolute atomic E-state index is 0.227. The smallest absolute Gasteiger partial charge is 0.313 e. The predicted molar refractivity (Wildman–Crippen MR) is 68.5 cm³/mol. The van der Waals surface area contributed by atoms with Gasteiger partial charge in [0.25, 0.3) is 5.91 Å². The summed E-state index contributed by atoms with van der Waals surface area (Å²) in [4.78, 5) is 32.6. The Labute approximate surface area is 116 Å². The number of hydrogen-bond acceptors (Lipinski definition) is 4. The molecule has 1 aromatic rings. The summed E-state index contributed by atoms with van der Waals surface area (Å²) in [6.45, 7) is 0. The van der Waals surface area contributed by atoms with Crippen LogP contribution in [0.4, 0.5) is 14.5 Å². The van der Waals surface area contributed by atoms with Gasteiger partial charge in [0.05, 0.1) is 22.8 Å². The normalized spacial score (nSPS) is 10.1. The molecule has 0 atom stereocenters. The molecule has 4 N–H and O–H groups in total. The van der Waals surface area contributed by atoms with E-state index in [1.165, 1.54) is 0 Å². The summed E-state index contributed by atoms with van der Waals surface area (Å²) in [5.41, 5.74) is 3.94. The summed E-state index contributed by atoms with van der Waals surface area (Å²) in [5, 5.41) is 10.5. The quantitative estimate of drug-likeness (QED) is 0.721. The van der Waals surface area contributed by atoms with Crippen LogP contribution in [0.5, 0.6) is 0 Å². The third kappa shape index (κ3) is 4.50. The predicted octanol–water partition coefficient (Wildman–Crippen LogP) is 0.820. The molecule has 0 heterocycles. The Morgan fingerprint density at radius 3 is 2.40 bits per heavy atom. The zero-order chi connectivity index (χ0) is 15.3. The number of amides is 2. The molecule has 0 fully saturated rings. The summed E-state index contributed by atoms with van der Waals surface area (Å²) in [5.74, 6) is -5.58. The SMILES string of the molecule is NC(=O)c1cc(NC(=O)CSCC(=O)O)c(F)cc1F. The number of benzene rings is 1. The number of aliphatic carboxylic acids is 1. The van der Waals surface area contributed by atoms with Crippen molar-refractivity contribution in [2.24, 2.45) is 5.73 Å². The second kappa shape index (κ2) is 6.85. The molecule has 1 aromatic carbocycles. The summed E-state index contributed by atoms with van der Waals surface area (Å²) < 4.78 is 26.6. The van der Waals surface area contributed by atoms with E-state index in [0.717, 1.165) is 17.8 Å². The maximum absolute atomic E-state index is 13.4. The number of halogens is 2. The summed E-state index contributed by atoms with van der Waals surface area (Å²) >= 11 is 0.808. The molecule has 0 aliphatic carbocycles. The first-order valence-electron chi connectivity index (χ1n) is 5.19. The van der Waals surface area contributed by atoms with Crippen molar-refractivity contribution in [3.63, 3.8) is 0 Å². The van der Waals surface area contributed by atoms with Gasteiger partial charge in [0, 0.05) is 6.07 Å². The molecule has 108 valence electrons. The lowest BCUT2D eigenvalue weighted by Crippen LogP contribution is -2.18. The zero-order valence-corrected chi connectivity index (χ0v) is 10.8. The molecule has 0 bridgehead atoms. The molecule has 0 spiro atoms. The molecular weight excluding hydrogens is 294 g/mol. The molecule has 2 amide bonds. The van der Waals surface area contributed by atoms with Crippen molar-refractivity contribution >= 4 is 35.2 Å². The lowest BCUT2D eigenvalue weighted by molar-refractivity contribution is -0.133. The van der Waals surface area contributed by atoms with Gasteiger partial charge in [-0.05, 0) is 6.07 Å². The monoisotopic (exact) mass is 304 g/mol. The Morgan fingerprint density at radius 1 is 1.20 bits per heavy atom. The van der Waals surface area contributed by atoms with Crippen LogP contribution in [0.1, 0.15) is 10.4 Å². The minimum atomic E-state index is -1.13. The van der Waals surface area contributed by atoms with Crippen LogP contribution in [0.25, 0.3) is 0 Å². The number of nitrogens with one attached hydrogen (secondary N) is 1. The average molecular weight is 304 g/mol. The standard InChI is InChI=1S/C11H10F2N2O4S/c12-6-2-7(13)8(1-5(6)11(14)19)15-9(16)3-20-4-10(17)18/h1-2H,3-4H2,(H2,14,19)(H,15,16)(H,17,18). The van der Waals surface area contributed by atoms with Crippen molar-refractivity contribution in [3.8, 4) is 0 Å². The Morgan fingerprint density at radius 2 is 1.85 bits per heavy atom. The lowest BCUT2D eigenvalue weighted by atomic mass is 10.1. The third-order valence-electron chi connectivity index (χ3n) is 2.05. The largest absolute Gasteiger partial charge is 0.481 e. The molecule has 0 saturated carbocycles. The number of nitrogens with two attached hydrogens (primary N) is 1. The van der Waals surface area contributed by atoms with E-state index < -0.39 is 40.7 Å². The first-order valence-corrected chi connectivity index (χ1v) is 6.35. The number of anilines is 1. The summed E-state index contributed by atoms with van der Waals surface area (Å²) in [6, 6.07) is 1.22. The number of carboxylic acid groups (broad SMARTS) is 1. The Kier molecular flexibility index (Phi) is 5.44. The molecule has 20 heavy (non-hydrogen) atoms. The molecule has 6 nitrogen and oxygen atoms in total. The van der Waals surface area contributed by atoms with Crippen molar-refractivity contribution in [2.45, 2.75) is 0 Å². The van der Waals surface area contributed by atoms with Crippen molar-refractivity contribution in [2.75, 3.05) is 16.8 Å². The van der Waals surface area contributed by atoms with Crippen LogP contribution in [0.15, 0.2) is 12.1 Å². The highest BCUT2D eigenvalue weighted by atomic mass is 32.2. The fraction of sp³-hybridized carbons (Fsp3) is 0.182. The van der Waals surface area contributed by atoms with E-state index in [-0.39, 0.29) is 11.5 Å². The topological polar surface area (TPSA) is 109 Å². The van der Waals surface area contributed by atoms with Crippen molar-refractivity contribution < 1.29 is 28.3 Å². The van der Waals surface area contributed by atoms with Gasteiger partial charge in [0.1, 0.15) is 11.6 Å². The van der Waals surface area contributed by atoms with E-state index in [1.807, 2.05) is 0 Å². The second-order valence-corrected chi connectivity index (χ2v) is 4.60. The van der Waals surface area contributed by atoms with E-state index in [1.54, 1.807) is 0 Å². The average Bonchev–Trinajstić information content (AvgIpc) is 2.31. The lowest BCUT2D eigenvalue weighted by Gasteiger charge is -2.08. The van der Waals surface area contributed by atoms with Crippen LogP contribution in [-0.4, -0.2) is 34.4 Å². The minimum Gasteiger partial charge on any atom is -0.481 e. The molecule has 1 rings (SSSR count). The summed E-state index contributed by atoms with van der Waals surface area (Å²) in [7, 11) is 0. The van der Waals surface area contributed by atoms with Crippen LogP contribution in [-0.2, 0) is 9.59 Å². The van der Waals surface area contributed by atoms with Gasteiger partial charge >= 0.3 is 5.97 Å². The van der Waals surface area contributed by atoms with Gasteiger partial charge in [0.2, 0.25) is 5.91 Å². The molecule has 0 unspecified atom stereocenters. The van der Waals surface area contributed by atoms with E-state index in [9.17, 15) is 23.2 Å². The molecule has 0 aliphatic heterocycles. The molecule has 9 heteroatoms. The van der Waals surface area contributed by atoms with Gasteiger partial charge in [-0.3, -0.25) is 14.4 Å². The van der Waals surface area contributed by atoms with Gasteiger partial charge in [-0.1, -0.05) is 0 Å². The maximum atomic E-state index is 13.4. The number of carbonyl (C=O) groups excluding carboxylic acids is 2. The first kappa shape index (κ1) is 15.9. The fourth-order valence-electron chi connectivity index (χ4n) is 1.25. The molecule has 0 aliphatic rings. The van der Waals surface area contributed by atoms with Gasteiger partial charge in [0.15, 0.2) is 0 Å². The number of thioether (sulfide) groups is 1. The van der Waals surface area contributed by atoms with Gasteiger partial charge in [-0.15, -0.1) is 11.8 Å². The number of rotatable bonds is 6. The van der Waals surface area contributed by atoms with Crippen molar-refractivity contribution in [1.82, 2.24) is 0 Å². The van der Waals surface area contributed by atoms with Crippen LogP contribution in [0.2, 0.25) is 0 Å².